The molecular weight excluding hydrogens is 146 g/mol. The van der Waals surface area contributed by atoms with E-state index in [9.17, 15) is 0 Å². The zero-order chi connectivity index (χ0) is 4.12. The van der Waals surface area contributed by atoms with E-state index in [2.05, 4.69) is 0 Å². The molecule has 0 heterocycles. The number of nitrogens with zero attached hydrogens (tertiary/aromatic N) is 2. The van der Waals surface area contributed by atoms with Crippen molar-refractivity contribution < 1.29 is 0 Å². The molecule has 2 nitrogen and oxygen atoms in total. The Morgan fingerprint density at radius 2 is 1.43 bits per heavy atom. The fraction of sp³-hybridized carbons (Fsp3) is 0. The summed E-state index contributed by atoms with van der Waals surface area (Å²) in [6.07, 6.45) is 0. The maximum atomic E-state index is 7.56. The second-order valence-corrected chi connectivity index (χ2v) is 0.854. The van der Waals surface area contributed by atoms with Gasteiger partial charge in [0.2, 0.25) is 0 Å². The molecule has 0 aliphatic heterocycles. The third-order valence-electron chi connectivity index (χ3n) is 0.0913. The van der Waals surface area contributed by atoms with Crippen LogP contribution in [0.15, 0.2) is 0 Å². The number of nitriles is 2. The molecule has 0 aliphatic carbocycles. The molecule has 0 unspecified atom stereocenters. The standard InChI is InChI=1S/C2N2S.K.Na.2H/c3-1-5-2-4;;;;. The van der Waals surface area contributed by atoms with Crippen molar-refractivity contribution in [2.24, 2.45) is 0 Å². The van der Waals surface area contributed by atoms with Gasteiger partial charge in [0.1, 0.15) is 10.8 Å². The van der Waals surface area contributed by atoms with Crippen molar-refractivity contribution in [1.29, 1.82) is 10.5 Å². The summed E-state index contributed by atoms with van der Waals surface area (Å²) < 4.78 is 0. The van der Waals surface area contributed by atoms with Gasteiger partial charge < -0.3 is 0 Å². The molecule has 0 fully saturated rings. The fourth-order valence-corrected chi connectivity index (χ4v) is 0.0612. The van der Waals surface area contributed by atoms with Crippen LogP contribution in [0.4, 0.5) is 0 Å². The van der Waals surface area contributed by atoms with E-state index in [-0.39, 0.29) is 80.9 Å². The molecule has 0 N–H and O–H groups in total. The van der Waals surface area contributed by atoms with Gasteiger partial charge in [-0.3, -0.25) is 0 Å². The average Bonchev–Trinajstić information content (AvgIpc) is 1.41. The molecule has 0 spiro atoms. The third-order valence-corrected chi connectivity index (χ3v) is 0.274. The number of hydrogen-bond donors (Lipinski definition) is 0. The average molecular weight is 148 g/mol. The van der Waals surface area contributed by atoms with Gasteiger partial charge in [-0.15, -0.1) is 0 Å². The van der Waals surface area contributed by atoms with E-state index in [0.717, 1.165) is 0 Å². The summed E-state index contributed by atoms with van der Waals surface area (Å²) in [7, 11) is 0. The molecule has 0 aromatic rings. The quantitative estimate of drug-likeness (QED) is 0.340. The van der Waals surface area contributed by atoms with Gasteiger partial charge in [0, 0.05) is 0 Å². The monoisotopic (exact) mass is 148 g/mol. The first-order valence-electron chi connectivity index (χ1n) is 0.855. The number of thioether (sulfide) groups is 1. The van der Waals surface area contributed by atoms with E-state index in [1.807, 2.05) is 0 Å². The summed E-state index contributed by atoms with van der Waals surface area (Å²) in [6, 6.07) is 0. The van der Waals surface area contributed by atoms with E-state index in [4.69, 9.17) is 10.5 Å². The van der Waals surface area contributed by atoms with Gasteiger partial charge in [-0.25, -0.2) is 0 Å². The van der Waals surface area contributed by atoms with E-state index in [1.165, 1.54) is 0 Å². The van der Waals surface area contributed by atoms with E-state index in [0.29, 0.717) is 11.8 Å². The summed E-state index contributed by atoms with van der Waals surface area (Å²) >= 11 is 0.574. The van der Waals surface area contributed by atoms with Crippen LogP contribution in [0.3, 0.4) is 0 Å². The van der Waals surface area contributed by atoms with Crippen molar-refractivity contribution in [3.8, 4) is 10.8 Å². The molecule has 7 heavy (non-hydrogen) atoms. The predicted molar refractivity (Wildman–Crippen MR) is 33.1 cm³/mol. The van der Waals surface area contributed by atoms with E-state index >= 15 is 0 Å². The molecule has 0 radical (unpaired) electrons. The van der Waals surface area contributed by atoms with Crippen molar-refractivity contribution in [2.75, 3.05) is 0 Å². The van der Waals surface area contributed by atoms with Gasteiger partial charge in [-0.05, 0) is 0 Å². The Bertz CT molecular complexity index is 80.8. The zero-order valence-corrected chi connectivity index (χ0v) is 3.12. The molecule has 0 saturated heterocycles. The SMILES string of the molecule is N#CSC#N.[KH].[NaH]. The van der Waals surface area contributed by atoms with E-state index < -0.39 is 0 Å². The van der Waals surface area contributed by atoms with Crippen LogP contribution >= 0.6 is 11.8 Å². The molecule has 0 aromatic carbocycles. The number of hydrogen-bond acceptors (Lipinski definition) is 3. The predicted octanol–water partition coefficient (Wildman–Crippen LogP) is -0.615. The van der Waals surface area contributed by atoms with Gasteiger partial charge >= 0.3 is 80.9 Å². The summed E-state index contributed by atoms with van der Waals surface area (Å²) in [5, 5.41) is 18.3. The van der Waals surface area contributed by atoms with Crippen LogP contribution in [0.2, 0.25) is 0 Å². The van der Waals surface area contributed by atoms with Crippen molar-refractivity contribution in [2.45, 2.75) is 0 Å². The molecule has 28 valence electrons. The van der Waals surface area contributed by atoms with Crippen LogP contribution in [0.5, 0.6) is 0 Å². The molecule has 0 bridgehead atoms. The molecule has 0 atom stereocenters. The normalized spacial score (nSPS) is 3.14. The molecule has 5 heteroatoms. The minimum atomic E-state index is 0. The van der Waals surface area contributed by atoms with Crippen LogP contribution in [0.1, 0.15) is 0 Å². The second kappa shape index (κ2) is 15.7. The van der Waals surface area contributed by atoms with Crippen LogP contribution < -0.4 is 0 Å². The summed E-state index contributed by atoms with van der Waals surface area (Å²) in [5.74, 6) is 0. The Labute approximate surface area is 111 Å². The van der Waals surface area contributed by atoms with Crippen molar-refractivity contribution in [3.05, 3.63) is 0 Å². The van der Waals surface area contributed by atoms with Crippen LogP contribution in [0, 0.1) is 21.3 Å². The maximum absolute atomic E-state index is 7.56. The Balaban J connectivity index is -0.0000000800. The Kier molecular flexibility index (Phi) is 35.8. The number of thiocyanates is 2. The van der Waals surface area contributed by atoms with Gasteiger partial charge in [-0.2, -0.15) is 10.5 Å². The molecular formula is C2H2KN2NaS. The van der Waals surface area contributed by atoms with Crippen LogP contribution in [-0.4, -0.2) is 80.9 Å². The van der Waals surface area contributed by atoms with Gasteiger partial charge in [0.15, 0.2) is 0 Å². The topological polar surface area (TPSA) is 47.6 Å². The van der Waals surface area contributed by atoms with E-state index in [1.54, 1.807) is 10.8 Å². The summed E-state index contributed by atoms with van der Waals surface area (Å²) in [4.78, 5) is 0. The third kappa shape index (κ3) is 18.0. The fourth-order valence-electron chi connectivity index (χ4n) is 0.0204. The number of rotatable bonds is 0. The van der Waals surface area contributed by atoms with Gasteiger partial charge in [0.25, 0.3) is 0 Å². The van der Waals surface area contributed by atoms with Crippen molar-refractivity contribution >= 4 is 92.7 Å². The van der Waals surface area contributed by atoms with Crippen molar-refractivity contribution in [1.82, 2.24) is 0 Å². The van der Waals surface area contributed by atoms with Crippen LogP contribution in [0.25, 0.3) is 0 Å². The first-order chi connectivity index (χ1) is 2.41. The first kappa shape index (κ1) is 16.0. The van der Waals surface area contributed by atoms with Gasteiger partial charge in [-0.1, -0.05) is 0 Å². The molecule has 0 amide bonds. The second-order valence-electron chi connectivity index (χ2n) is 0.285. The summed E-state index contributed by atoms with van der Waals surface area (Å²) in [6.45, 7) is 0. The Morgan fingerprint density at radius 1 is 1.14 bits per heavy atom. The molecule has 0 rings (SSSR count). The van der Waals surface area contributed by atoms with Crippen molar-refractivity contribution in [3.63, 3.8) is 0 Å². The Morgan fingerprint density at radius 3 is 1.43 bits per heavy atom. The zero-order valence-electron chi connectivity index (χ0n) is 2.30. The molecule has 0 aliphatic rings. The van der Waals surface area contributed by atoms with Gasteiger partial charge in [0.05, 0.1) is 11.8 Å². The minimum absolute atomic E-state index is 0. The van der Waals surface area contributed by atoms with Crippen LogP contribution in [-0.2, 0) is 0 Å². The first-order valence-corrected chi connectivity index (χ1v) is 1.67. The molecule has 0 saturated carbocycles. The molecule has 0 aromatic heterocycles. The Hall–Kier alpha value is 1.97. The summed E-state index contributed by atoms with van der Waals surface area (Å²) in [5.41, 5.74) is 0.